The zero-order valence-electron chi connectivity index (χ0n) is 17.9. The Kier molecular flexibility index (Phi) is 8.23. The Bertz CT molecular complexity index is 839. The number of anilines is 2. The maximum Gasteiger partial charge on any atom is 0.317 e. The fourth-order valence-corrected chi connectivity index (χ4v) is 3.48. The van der Waals surface area contributed by atoms with Crippen LogP contribution in [0.25, 0.3) is 0 Å². The van der Waals surface area contributed by atoms with E-state index in [4.69, 9.17) is 0 Å². The second-order valence-electron chi connectivity index (χ2n) is 7.66. The number of urea groups is 1. The topological polar surface area (TPSA) is 67.9 Å². The molecular weight excluding hydrogens is 397 g/mol. The Balaban J connectivity index is 1.30. The third-order valence-electron chi connectivity index (χ3n) is 5.30. The molecule has 2 aromatic carbocycles. The van der Waals surface area contributed by atoms with Gasteiger partial charge in [0.1, 0.15) is 5.82 Å². The molecular formula is C23H30FN5O2. The van der Waals surface area contributed by atoms with Crippen molar-refractivity contribution in [2.75, 3.05) is 63.1 Å². The van der Waals surface area contributed by atoms with Crippen molar-refractivity contribution in [3.63, 3.8) is 0 Å². The van der Waals surface area contributed by atoms with Gasteiger partial charge in [-0.1, -0.05) is 18.2 Å². The summed E-state index contributed by atoms with van der Waals surface area (Å²) < 4.78 is 12.9. The Hall–Kier alpha value is -3.13. The van der Waals surface area contributed by atoms with Gasteiger partial charge >= 0.3 is 6.03 Å². The van der Waals surface area contributed by atoms with E-state index in [0.29, 0.717) is 38.4 Å². The van der Waals surface area contributed by atoms with Gasteiger partial charge in [-0.05, 0) is 42.8 Å². The largest absolute Gasteiger partial charge is 0.375 e. The molecule has 0 unspecified atom stereocenters. The van der Waals surface area contributed by atoms with E-state index in [1.165, 1.54) is 24.3 Å². The minimum atomic E-state index is -0.337. The normalized spacial score (nSPS) is 14.2. The summed E-state index contributed by atoms with van der Waals surface area (Å²) in [5, 5.41) is 5.75. The average molecular weight is 428 g/mol. The first-order valence-corrected chi connectivity index (χ1v) is 10.6. The molecule has 1 saturated heterocycles. The Morgan fingerprint density at radius 3 is 2.35 bits per heavy atom. The van der Waals surface area contributed by atoms with E-state index in [0.717, 1.165) is 18.7 Å². The number of carbonyl (C=O) groups excluding carboxylic acids is 2. The third-order valence-corrected chi connectivity index (χ3v) is 5.30. The highest BCUT2D eigenvalue weighted by Crippen LogP contribution is 2.11. The van der Waals surface area contributed by atoms with Gasteiger partial charge in [-0.2, -0.15) is 0 Å². The maximum absolute atomic E-state index is 12.9. The summed E-state index contributed by atoms with van der Waals surface area (Å²) in [5.74, 6) is -0.484. The van der Waals surface area contributed by atoms with Crippen LogP contribution in [0.4, 0.5) is 20.6 Å². The number of amides is 3. The fourth-order valence-electron chi connectivity index (χ4n) is 3.48. The Morgan fingerprint density at radius 1 is 1.00 bits per heavy atom. The van der Waals surface area contributed by atoms with E-state index < -0.39 is 0 Å². The number of hydrogen-bond donors (Lipinski definition) is 2. The SMILES string of the molecule is CN(CCCNC(=O)N1CCN(CC(=O)Nc2ccc(F)cc2)CC1)c1ccccc1. The van der Waals surface area contributed by atoms with Gasteiger partial charge in [0.2, 0.25) is 5.91 Å². The van der Waals surface area contributed by atoms with Crippen molar-refractivity contribution in [1.29, 1.82) is 0 Å². The van der Waals surface area contributed by atoms with Crippen LogP contribution in [0.15, 0.2) is 54.6 Å². The monoisotopic (exact) mass is 427 g/mol. The molecule has 8 heteroatoms. The predicted molar refractivity (Wildman–Crippen MR) is 121 cm³/mol. The summed E-state index contributed by atoms with van der Waals surface area (Å²) in [5.41, 5.74) is 1.73. The van der Waals surface area contributed by atoms with Crippen LogP contribution < -0.4 is 15.5 Å². The first-order chi connectivity index (χ1) is 15.0. The second-order valence-corrected chi connectivity index (χ2v) is 7.66. The van der Waals surface area contributed by atoms with Crippen LogP contribution in [0.1, 0.15) is 6.42 Å². The fraction of sp³-hybridized carbons (Fsp3) is 0.391. The van der Waals surface area contributed by atoms with Gasteiger partial charge in [0.05, 0.1) is 6.54 Å². The number of para-hydroxylation sites is 1. The highest BCUT2D eigenvalue weighted by atomic mass is 19.1. The average Bonchev–Trinajstić information content (AvgIpc) is 2.79. The molecule has 2 aromatic rings. The van der Waals surface area contributed by atoms with Crippen molar-refractivity contribution < 1.29 is 14.0 Å². The number of halogens is 1. The number of nitrogens with one attached hydrogen (secondary N) is 2. The molecule has 0 radical (unpaired) electrons. The van der Waals surface area contributed by atoms with E-state index in [-0.39, 0.29) is 24.3 Å². The molecule has 0 atom stereocenters. The van der Waals surface area contributed by atoms with Crippen molar-refractivity contribution in [1.82, 2.24) is 15.1 Å². The molecule has 3 rings (SSSR count). The minimum absolute atomic E-state index is 0.0576. The molecule has 1 heterocycles. The van der Waals surface area contributed by atoms with Crippen molar-refractivity contribution in [3.8, 4) is 0 Å². The van der Waals surface area contributed by atoms with E-state index >= 15 is 0 Å². The zero-order valence-corrected chi connectivity index (χ0v) is 17.9. The molecule has 0 spiro atoms. The van der Waals surface area contributed by atoms with Crippen LogP contribution in [0.2, 0.25) is 0 Å². The van der Waals surface area contributed by atoms with Crippen molar-refractivity contribution >= 4 is 23.3 Å². The van der Waals surface area contributed by atoms with Crippen LogP contribution >= 0.6 is 0 Å². The van der Waals surface area contributed by atoms with Crippen LogP contribution in [-0.2, 0) is 4.79 Å². The lowest BCUT2D eigenvalue weighted by Gasteiger charge is -2.34. The molecule has 1 aliphatic heterocycles. The van der Waals surface area contributed by atoms with Crippen LogP contribution in [0, 0.1) is 5.82 Å². The van der Waals surface area contributed by atoms with Crippen molar-refractivity contribution in [3.05, 3.63) is 60.4 Å². The molecule has 0 aliphatic carbocycles. The molecule has 31 heavy (non-hydrogen) atoms. The molecule has 3 amide bonds. The Morgan fingerprint density at radius 2 is 1.68 bits per heavy atom. The smallest absolute Gasteiger partial charge is 0.317 e. The lowest BCUT2D eigenvalue weighted by Crippen LogP contribution is -2.53. The van der Waals surface area contributed by atoms with E-state index in [1.807, 2.05) is 30.1 Å². The van der Waals surface area contributed by atoms with Gasteiger partial charge in [-0.3, -0.25) is 9.69 Å². The first-order valence-electron chi connectivity index (χ1n) is 10.6. The van der Waals surface area contributed by atoms with Gasteiger partial charge in [-0.15, -0.1) is 0 Å². The second kappa shape index (κ2) is 11.3. The van der Waals surface area contributed by atoms with Gasteiger partial charge in [0, 0.05) is 57.7 Å². The molecule has 0 saturated carbocycles. The van der Waals surface area contributed by atoms with E-state index in [1.54, 1.807) is 4.90 Å². The van der Waals surface area contributed by atoms with Crippen molar-refractivity contribution in [2.24, 2.45) is 0 Å². The van der Waals surface area contributed by atoms with Gasteiger partial charge in [-0.25, -0.2) is 9.18 Å². The standard InChI is InChI=1S/C23H30FN5O2/c1-27(21-6-3-2-4-7-21)13-5-12-25-23(31)29-16-14-28(15-17-29)18-22(30)26-20-10-8-19(24)9-11-20/h2-4,6-11H,5,12-18H2,1H3,(H,25,31)(H,26,30). The van der Waals surface area contributed by atoms with E-state index in [2.05, 4.69) is 27.7 Å². The maximum atomic E-state index is 12.9. The van der Waals surface area contributed by atoms with Crippen molar-refractivity contribution in [2.45, 2.75) is 6.42 Å². The molecule has 166 valence electrons. The quantitative estimate of drug-likeness (QED) is 0.636. The lowest BCUT2D eigenvalue weighted by atomic mass is 10.3. The highest BCUT2D eigenvalue weighted by Gasteiger charge is 2.22. The molecule has 1 fully saturated rings. The van der Waals surface area contributed by atoms with Crippen LogP contribution in [0.5, 0.6) is 0 Å². The Labute approximate surface area is 182 Å². The molecule has 2 N–H and O–H groups in total. The third kappa shape index (κ3) is 7.25. The summed E-state index contributed by atoms with van der Waals surface area (Å²) in [6, 6.07) is 15.8. The summed E-state index contributed by atoms with van der Waals surface area (Å²) in [6.07, 6.45) is 0.862. The highest BCUT2D eigenvalue weighted by molar-refractivity contribution is 5.92. The first kappa shape index (κ1) is 22.6. The van der Waals surface area contributed by atoms with Gasteiger partial charge in [0.15, 0.2) is 0 Å². The van der Waals surface area contributed by atoms with Gasteiger partial charge < -0.3 is 20.4 Å². The summed E-state index contributed by atoms with van der Waals surface area (Å²) in [6.45, 7) is 4.18. The lowest BCUT2D eigenvalue weighted by molar-refractivity contribution is -0.117. The van der Waals surface area contributed by atoms with E-state index in [9.17, 15) is 14.0 Å². The number of hydrogen-bond acceptors (Lipinski definition) is 4. The molecule has 7 nitrogen and oxygen atoms in total. The number of piperazine rings is 1. The molecule has 1 aliphatic rings. The number of benzene rings is 2. The minimum Gasteiger partial charge on any atom is -0.375 e. The number of rotatable bonds is 8. The van der Waals surface area contributed by atoms with Gasteiger partial charge in [0.25, 0.3) is 0 Å². The molecule has 0 aromatic heterocycles. The zero-order chi connectivity index (χ0) is 22.1. The summed E-state index contributed by atoms with van der Waals surface area (Å²) >= 11 is 0. The number of nitrogens with zero attached hydrogens (tertiary/aromatic N) is 3. The predicted octanol–water partition coefficient (Wildman–Crippen LogP) is 2.62. The number of carbonyl (C=O) groups is 2. The molecule has 0 bridgehead atoms. The van der Waals surface area contributed by atoms with Crippen LogP contribution in [-0.4, -0.2) is 74.6 Å². The van der Waals surface area contributed by atoms with Crippen LogP contribution in [0.3, 0.4) is 0 Å². The summed E-state index contributed by atoms with van der Waals surface area (Å²) in [7, 11) is 2.04. The summed E-state index contributed by atoms with van der Waals surface area (Å²) in [4.78, 5) is 30.5.